The number of fused-ring (bicyclic) bond motifs is 4. The largest absolute Gasteiger partial charge is 0.292 e. The lowest BCUT2D eigenvalue weighted by Gasteiger charge is -2.07. The summed E-state index contributed by atoms with van der Waals surface area (Å²) in [4.78, 5) is 18.2. The normalized spacial score (nSPS) is 11.6. The molecule has 0 amide bonds. The zero-order valence-electron chi connectivity index (χ0n) is 14.6. The van der Waals surface area contributed by atoms with Gasteiger partial charge in [-0.3, -0.25) is 9.55 Å². The summed E-state index contributed by atoms with van der Waals surface area (Å²) in [5.41, 5.74) is 4.64. The van der Waals surface area contributed by atoms with E-state index in [1.807, 2.05) is 42.7 Å². The minimum Gasteiger partial charge on any atom is -0.292 e. The Morgan fingerprint density at radius 1 is 0.750 bits per heavy atom. The van der Waals surface area contributed by atoms with Crippen molar-refractivity contribution in [2.45, 2.75) is 0 Å². The van der Waals surface area contributed by atoms with Crippen LogP contribution in [-0.4, -0.2) is 24.5 Å². The highest BCUT2D eigenvalue weighted by molar-refractivity contribution is 7.21. The summed E-state index contributed by atoms with van der Waals surface area (Å²) >= 11 is 1.60. The Bertz CT molecular complexity index is 1380. The number of para-hydroxylation sites is 1. The number of aromatic nitrogens is 5. The fraction of sp³-hybridized carbons (Fsp3) is 0. The van der Waals surface area contributed by atoms with Crippen molar-refractivity contribution in [2.75, 3.05) is 0 Å². The molecular formula is C22H13N5S. The number of nitrogens with zero attached hydrogens (tertiary/aromatic N) is 5. The number of thiazole rings is 1. The summed E-state index contributed by atoms with van der Waals surface area (Å²) in [7, 11) is 0. The van der Waals surface area contributed by atoms with Gasteiger partial charge in [0.05, 0.1) is 27.8 Å². The molecule has 6 rings (SSSR count). The van der Waals surface area contributed by atoms with E-state index in [1.165, 1.54) is 5.39 Å². The number of pyridine rings is 3. The molecule has 28 heavy (non-hydrogen) atoms. The zero-order chi connectivity index (χ0) is 18.5. The van der Waals surface area contributed by atoms with E-state index in [4.69, 9.17) is 0 Å². The molecule has 0 aliphatic carbocycles. The maximum Gasteiger partial charge on any atom is 0.170 e. The number of hydrogen-bond acceptors (Lipinski definition) is 5. The molecule has 5 heterocycles. The lowest BCUT2D eigenvalue weighted by Crippen LogP contribution is -1.96. The number of benzene rings is 1. The summed E-state index contributed by atoms with van der Waals surface area (Å²) in [6.07, 6.45) is 5.47. The van der Waals surface area contributed by atoms with Gasteiger partial charge in [0, 0.05) is 23.2 Å². The average Bonchev–Trinajstić information content (AvgIpc) is 3.33. The van der Waals surface area contributed by atoms with Crippen LogP contribution in [0.1, 0.15) is 0 Å². The molecule has 132 valence electrons. The van der Waals surface area contributed by atoms with Crippen LogP contribution in [0.5, 0.6) is 0 Å². The molecule has 0 unspecified atom stereocenters. The van der Waals surface area contributed by atoms with Gasteiger partial charge in [0.1, 0.15) is 10.7 Å². The second kappa shape index (κ2) is 5.94. The third-order valence-electron chi connectivity index (χ3n) is 4.82. The highest BCUT2D eigenvalue weighted by Gasteiger charge is 2.13. The smallest absolute Gasteiger partial charge is 0.170 e. The van der Waals surface area contributed by atoms with Gasteiger partial charge in [0.15, 0.2) is 5.65 Å². The molecule has 6 aromatic rings. The highest BCUT2D eigenvalue weighted by Crippen LogP contribution is 2.32. The monoisotopic (exact) mass is 379 g/mol. The molecule has 0 bridgehead atoms. The first kappa shape index (κ1) is 15.4. The molecule has 0 spiro atoms. The molecule has 6 heteroatoms. The van der Waals surface area contributed by atoms with Crippen molar-refractivity contribution in [3.8, 4) is 16.4 Å². The number of hydrogen-bond donors (Lipinski definition) is 0. The maximum absolute atomic E-state index is 4.69. The molecule has 0 aliphatic heterocycles. The van der Waals surface area contributed by atoms with Gasteiger partial charge < -0.3 is 0 Å². The second-order valence-corrected chi connectivity index (χ2v) is 7.50. The standard InChI is InChI=1S/C22H13N5S/c1-2-7-18-15(5-1)16-6-3-12-24-21(16)27(18)14-9-10-17(25-13-14)22-26-20-19(28-22)8-4-11-23-20/h1-13H. The predicted octanol–water partition coefficient (Wildman–Crippen LogP) is 5.25. The van der Waals surface area contributed by atoms with E-state index >= 15 is 0 Å². The summed E-state index contributed by atoms with van der Waals surface area (Å²) in [5, 5.41) is 3.20. The molecule has 5 nitrogen and oxygen atoms in total. The van der Waals surface area contributed by atoms with E-state index in [-0.39, 0.29) is 0 Å². The molecule has 0 saturated carbocycles. The van der Waals surface area contributed by atoms with Crippen LogP contribution in [-0.2, 0) is 0 Å². The first-order valence-corrected chi connectivity index (χ1v) is 9.73. The van der Waals surface area contributed by atoms with Crippen molar-refractivity contribution in [3.05, 3.63) is 79.3 Å². The van der Waals surface area contributed by atoms with E-state index in [1.54, 1.807) is 17.5 Å². The van der Waals surface area contributed by atoms with Gasteiger partial charge in [-0.2, -0.15) is 0 Å². The molecule has 0 fully saturated rings. The Balaban J connectivity index is 1.52. The van der Waals surface area contributed by atoms with Crippen LogP contribution in [0.25, 0.3) is 48.7 Å². The summed E-state index contributed by atoms with van der Waals surface area (Å²) in [6, 6.07) is 20.5. The van der Waals surface area contributed by atoms with Crippen molar-refractivity contribution < 1.29 is 0 Å². The van der Waals surface area contributed by atoms with Gasteiger partial charge >= 0.3 is 0 Å². The Morgan fingerprint density at radius 3 is 2.50 bits per heavy atom. The molecule has 0 N–H and O–H groups in total. The summed E-state index contributed by atoms with van der Waals surface area (Å²) in [6.45, 7) is 0. The van der Waals surface area contributed by atoms with Crippen LogP contribution in [0.2, 0.25) is 0 Å². The fourth-order valence-electron chi connectivity index (χ4n) is 3.58. The van der Waals surface area contributed by atoms with Crippen molar-refractivity contribution in [1.29, 1.82) is 0 Å². The van der Waals surface area contributed by atoms with Crippen molar-refractivity contribution in [2.24, 2.45) is 0 Å². The summed E-state index contributed by atoms with van der Waals surface area (Å²) in [5.74, 6) is 0. The Hall–Kier alpha value is -3.64. The quantitative estimate of drug-likeness (QED) is 0.412. The van der Waals surface area contributed by atoms with E-state index in [0.717, 1.165) is 43.3 Å². The van der Waals surface area contributed by atoms with Gasteiger partial charge in [-0.15, -0.1) is 11.3 Å². The Labute approximate surface area is 164 Å². The van der Waals surface area contributed by atoms with Gasteiger partial charge in [-0.1, -0.05) is 18.2 Å². The molecule has 0 aliphatic rings. The van der Waals surface area contributed by atoms with Crippen molar-refractivity contribution in [3.63, 3.8) is 0 Å². The first-order chi connectivity index (χ1) is 13.9. The fourth-order valence-corrected chi connectivity index (χ4v) is 4.48. The third kappa shape index (κ3) is 2.25. The minimum absolute atomic E-state index is 0.764. The maximum atomic E-state index is 4.69. The first-order valence-electron chi connectivity index (χ1n) is 8.91. The van der Waals surface area contributed by atoms with Gasteiger partial charge in [0.2, 0.25) is 0 Å². The average molecular weight is 379 g/mol. The van der Waals surface area contributed by atoms with Crippen LogP contribution in [0.15, 0.2) is 79.3 Å². The van der Waals surface area contributed by atoms with E-state index in [0.29, 0.717) is 0 Å². The van der Waals surface area contributed by atoms with Crippen LogP contribution < -0.4 is 0 Å². The van der Waals surface area contributed by atoms with Crippen molar-refractivity contribution in [1.82, 2.24) is 24.5 Å². The Kier molecular flexibility index (Phi) is 3.27. The van der Waals surface area contributed by atoms with Gasteiger partial charge in [-0.25, -0.2) is 15.0 Å². The molecule has 0 radical (unpaired) electrons. The lowest BCUT2D eigenvalue weighted by molar-refractivity contribution is 1.11. The van der Waals surface area contributed by atoms with Crippen LogP contribution in [0.3, 0.4) is 0 Å². The van der Waals surface area contributed by atoms with Crippen molar-refractivity contribution >= 4 is 43.6 Å². The molecule has 1 aromatic carbocycles. The summed E-state index contributed by atoms with van der Waals surface area (Å²) < 4.78 is 3.22. The molecule has 0 saturated heterocycles. The predicted molar refractivity (Wildman–Crippen MR) is 113 cm³/mol. The highest BCUT2D eigenvalue weighted by atomic mass is 32.1. The van der Waals surface area contributed by atoms with E-state index in [2.05, 4.69) is 54.8 Å². The Morgan fingerprint density at radius 2 is 1.61 bits per heavy atom. The van der Waals surface area contributed by atoms with Crippen LogP contribution >= 0.6 is 11.3 Å². The van der Waals surface area contributed by atoms with Crippen LogP contribution in [0.4, 0.5) is 0 Å². The molecule has 0 atom stereocenters. The van der Waals surface area contributed by atoms with E-state index in [9.17, 15) is 0 Å². The SMILES string of the molecule is c1cnc2nc(-c3ccc(-n4c5ccccc5c5cccnc54)cn3)sc2c1. The second-order valence-electron chi connectivity index (χ2n) is 6.47. The zero-order valence-corrected chi connectivity index (χ0v) is 15.5. The van der Waals surface area contributed by atoms with Crippen LogP contribution in [0, 0.1) is 0 Å². The van der Waals surface area contributed by atoms with E-state index < -0.39 is 0 Å². The van der Waals surface area contributed by atoms with Gasteiger partial charge in [0.25, 0.3) is 0 Å². The molecular weight excluding hydrogens is 366 g/mol. The topological polar surface area (TPSA) is 56.5 Å². The van der Waals surface area contributed by atoms with Gasteiger partial charge in [-0.05, 0) is 42.5 Å². The third-order valence-corrected chi connectivity index (χ3v) is 5.86. The lowest BCUT2D eigenvalue weighted by atomic mass is 10.2. The number of rotatable bonds is 2. The molecule has 5 aromatic heterocycles. The minimum atomic E-state index is 0.764.